The van der Waals surface area contributed by atoms with Crippen molar-refractivity contribution in [1.29, 1.82) is 0 Å². The van der Waals surface area contributed by atoms with E-state index in [9.17, 15) is 17.6 Å². The van der Waals surface area contributed by atoms with Crippen molar-refractivity contribution in [2.75, 3.05) is 11.6 Å². The molecule has 2 aromatic carbocycles. The van der Waals surface area contributed by atoms with Crippen molar-refractivity contribution in [2.24, 2.45) is 5.92 Å². The number of nitrogens with one attached hydrogen (secondary N) is 1. The van der Waals surface area contributed by atoms with Crippen molar-refractivity contribution >= 4 is 21.4 Å². The summed E-state index contributed by atoms with van der Waals surface area (Å²) in [5, 5.41) is 2.71. The summed E-state index contributed by atoms with van der Waals surface area (Å²) in [6.45, 7) is 0. The van der Waals surface area contributed by atoms with E-state index in [0.29, 0.717) is 17.7 Å². The number of rotatable bonds is 4. The van der Waals surface area contributed by atoms with Crippen LogP contribution in [0.1, 0.15) is 17.9 Å². The van der Waals surface area contributed by atoms with Gasteiger partial charge in [0.25, 0.3) is 0 Å². The molecule has 0 spiro atoms. The third-order valence-corrected chi connectivity index (χ3v) is 5.07. The number of benzene rings is 2. The van der Waals surface area contributed by atoms with Crippen LogP contribution in [0.15, 0.2) is 53.4 Å². The third-order valence-electron chi connectivity index (χ3n) is 3.96. The number of carbonyl (C=O) groups excluding carboxylic acids is 1. The normalized spacial score (nSPS) is 20.1. The Hall–Kier alpha value is -2.21. The highest BCUT2D eigenvalue weighted by Crippen LogP contribution is 2.48. The van der Waals surface area contributed by atoms with E-state index < -0.39 is 9.84 Å². The maximum Gasteiger partial charge on any atom is 0.228 e. The fourth-order valence-electron chi connectivity index (χ4n) is 2.64. The predicted octanol–water partition coefficient (Wildman–Crippen LogP) is 2.97. The molecule has 2 atom stereocenters. The second-order valence-electron chi connectivity index (χ2n) is 5.76. The zero-order chi connectivity index (χ0) is 16.6. The molecule has 23 heavy (non-hydrogen) atoms. The average Bonchev–Trinajstić information content (AvgIpc) is 3.27. The monoisotopic (exact) mass is 333 g/mol. The summed E-state index contributed by atoms with van der Waals surface area (Å²) in [6, 6.07) is 12.6. The largest absolute Gasteiger partial charge is 0.326 e. The lowest BCUT2D eigenvalue weighted by atomic mass is 10.1. The molecule has 3 rings (SSSR count). The molecule has 0 saturated heterocycles. The van der Waals surface area contributed by atoms with E-state index in [1.54, 1.807) is 30.3 Å². The fourth-order valence-corrected chi connectivity index (χ4v) is 3.31. The second-order valence-corrected chi connectivity index (χ2v) is 7.78. The van der Waals surface area contributed by atoms with Crippen LogP contribution in [0, 0.1) is 11.7 Å². The minimum absolute atomic E-state index is 0.116. The molecular formula is C17H16FNO3S. The summed E-state index contributed by atoms with van der Waals surface area (Å²) in [6.07, 6.45) is 1.71. The van der Waals surface area contributed by atoms with E-state index in [1.165, 1.54) is 18.2 Å². The molecule has 1 amide bonds. The van der Waals surface area contributed by atoms with Crippen LogP contribution in [0.25, 0.3) is 0 Å². The number of anilines is 1. The summed E-state index contributed by atoms with van der Waals surface area (Å²) in [5.41, 5.74) is 0.981. The lowest BCUT2D eigenvalue weighted by Gasteiger charge is -2.07. The Bertz CT molecular complexity index is 864. The third kappa shape index (κ3) is 3.42. The number of sulfone groups is 1. The van der Waals surface area contributed by atoms with Crippen molar-refractivity contribution in [3.05, 3.63) is 59.9 Å². The molecule has 120 valence electrons. The maximum atomic E-state index is 13.7. The molecule has 0 radical (unpaired) electrons. The van der Waals surface area contributed by atoms with Crippen LogP contribution in [0.5, 0.6) is 0 Å². The first-order chi connectivity index (χ1) is 10.9. The first-order valence-corrected chi connectivity index (χ1v) is 9.11. The van der Waals surface area contributed by atoms with E-state index in [4.69, 9.17) is 0 Å². The van der Waals surface area contributed by atoms with Crippen molar-refractivity contribution in [2.45, 2.75) is 17.2 Å². The van der Waals surface area contributed by atoms with Crippen molar-refractivity contribution in [1.82, 2.24) is 0 Å². The molecule has 1 saturated carbocycles. The fraction of sp³-hybridized carbons (Fsp3) is 0.235. The first-order valence-electron chi connectivity index (χ1n) is 7.21. The van der Waals surface area contributed by atoms with Gasteiger partial charge in [-0.15, -0.1) is 0 Å². The Morgan fingerprint density at radius 3 is 2.61 bits per heavy atom. The van der Waals surface area contributed by atoms with Crippen LogP contribution in [-0.2, 0) is 14.6 Å². The molecule has 4 nitrogen and oxygen atoms in total. The number of hydrogen-bond acceptors (Lipinski definition) is 3. The van der Waals surface area contributed by atoms with Gasteiger partial charge in [0.05, 0.1) is 4.90 Å². The van der Waals surface area contributed by atoms with E-state index >= 15 is 0 Å². The van der Waals surface area contributed by atoms with Gasteiger partial charge in [0.1, 0.15) is 5.82 Å². The minimum atomic E-state index is -3.33. The van der Waals surface area contributed by atoms with Gasteiger partial charge in [-0.2, -0.15) is 0 Å². The molecule has 2 unspecified atom stereocenters. The summed E-state index contributed by atoms with van der Waals surface area (Å²) < 4.78 is 36.8. The standard InChI is InChI=1S/C17H16FNO3S/c1-23(21,22)12-6-4-5-11(9-12)19-17(20)15-10-14(15)13-7-2-3-8-16(13)18/h2-9,14-15H,10H2,1H3,(H,19,20). The predicted molar refractivity (Wildman–Crippen MR) is 85.4 cm³/mol. The topological polar surface area (TPSA) is 63.2 Å². The molecule has 1 aliphatic carbocycles. The SMILES string of the molecule is CS(=O)(=O)c1cccc(NC(=O)C2CC2c2ccccc2F)c1. The van der Waals surface area contributed by atoms with E-state index in [2.05, 4.69) is 5.32 Å². The summed E-state index contributed by atoms with van der Waals surface area (Å²) >= 11 is 0. The molecule has 0 aromatic heterocycles. The summed E-state index contributed by atoms with van der Waals surface area (Å²) in [5.74, 6) is -0.918. The molecule has 1 N–H and O–H groups in total. The van der Waals surface area contributed by atoms with Crippen molar-refractivity contribution in [3.63, 3.8) is 0 Å². The van der Waals surface area contributed by atoms with Crippen LogP contribution >= 0.6 is 0 Å². The minimum Gasteiger partial charge on any atom is -0.326 e. The van der Waals surface area contributed by atoms with Crippen LogP contribution in [-0.4, -0.2) is 20.6 Å². The van der Waals surface area contributed by atoms with Gasteiger partial charge in [-0.1, -0.05) is 24.3 Å². The zero-order valence-electron chi connectivity index (χ0n) is 12.5. The van der Waals surface area contributed by atoms with Gasteiger partial charge in [0.2, 0.25) is 5.91 Å². The lowest BCUT2D eigenvalue weighted by molar-refractivity contribution is -0.117. The zero-order valence-corrected chi connectivity index (χ0v) is 13.3. The van der Waals surface area contributed by atoms with Gasteiger partial charge >= 0.3 is 0 Å². The number of halogens is 1. The summed E-state index contributed by atoms with van der Waals surface area (Å²) in [4.78, 5) is 12.4. The molecule has 1 aliphatic rings. The Labute approximate surface area is 134 Å². The highest BCUT2D eigenvalue weighted by molar-refractivity contribution is 7.90. The Morgan fingerprint density at radius 1 is 1.17 bits per heavy atom. The average molecular weight is 333 g/mol. The molecule has 1 fully saturated rings. The summed E-state index contributed by atoms with van der Waals surface area (Å²) in [7, 11) is -3.33. The quantitative estimate of drug-likeness (QED) is 0.935. The number of amides is 1. The van der Waals surface area contributed by atoms with Crippen LogP contribution in [0.3, 0.4) is 0 Å². The van der Waals surface area contributed by atoms with Gasteiger partial charge in [-0.25, -0.2) is 12.8 Å². The molecule has 0 heterocycles. The van der Waals surface area contributed by atoms with Gasteiger partial charge in [0.15, 0.2) is 9.84 Å². The van der Waals surface area contributed by atoms with Crippen LogP contribution < -0.4 is 5.32 Å². The highest BCUT2D eigenvalue weighted by Gasteiger charge is 2.45. The van der Waals surface area contributed by atoms with Crippen LogP contribution in [0.4, 0.5) is 10.1 Å². The Morgan fingerprint density at radius 2 is 1.91 bits per heavy atom. The van der Waals surface area contributed by atoms with Crippen molar-refractivity contribution < 1.29 is 17.6 Å². The van der Waals surface area contributed by atoms with E-state index in [1.807, 2.05) is 0 Å². The number of carbonyl (C=O) groups is 1. The second kappa shape index (κ2) is 5.77. The smallest absolute Gasteiger partial charge is 0.228 e. The van der Waals surface area contributed by atoms with Gasteiger partial charge in [-0.05, 0) is 42.2 Å². The highest BCUT2D eigenvalue weighted by atomic mass is 32.2. The molecule has 6 heteroatoms. The van der Waals surface area contributed by atoms with Crippen molar-refractivity contribution in [3.8, 4) is 0 Å². The maximum absolute atomic E-state index is 13.7. The molecule has 0 bridgehead atoms. The first kappa shape index (κ1) is 15.7. The lowest BCUT2D eigenvalue weighted by Crippen LogP contribution is -2.15. The van der Waals surface area contributed by atoms with E-state index in [0.717, 1.165) is 6.26 Å². The number of hydrogen-bond donors (Lipinski definition) is 1. The Kier molecular flexibility index (Phi) is 3.93. The Balaban J connectivity index is 1.71. The molecular weight excluding hydrogens is 317 g/mol. The molecule has 2 aromatic rings. The molecule has 0 aliphatic heterocycles. The van der Waals surface area contributed by atoms with Gasteiger partial charge in [-0.3, -0.25) is 4.79 Å². The van der Waals surface area contributed by atoms with Gasteiger partial charge in [0, 0.05) is 17.9 Å². The van der Waals surface area contributed by atoms with Crippen LogP contribution in [0.2, 0.25) is 0 Å². The van der Waals surface area contributed by atoms with Gasteiger partial charge < -0.3 is 5.32 Å². The van der Waals surface area contributed by atoms with E-state index in [-0.39, 0.29) is 28.5 Å².